The van der Waals surface area contributed by atoms with Crippen LogP contribution < -0.4 is 20.9 Å². The molecular weight excluding hydrogens is 464 g/mol. The molecule has 3 amide bonds. The lowest BCUT2D eigenvalue weighted by molar-refractivity contribution is -0.119. The molecule has 3 N–H and O–H groups in total. The van der Waals surface area contributed by atoms with Crippen molar-refractivity contribution in [2.75, 3.05) is 28.6 Å². The Hall–Kier alpha value is -4.13. The molecule has 0 radical (unpaired) electrons. The molecule has 0 aromatic heterocycles. The molecule has 1 aliphatic heterocycles. The third-order valence-corrected chi connectivity index (χ3v) is 6.81. The maximum Gasteiger partial charge on any atom is 0.255 e. The van der Waals surface area contributed by atoms with Gasteiger partial charge < -0.3 is 20.9 Å². The van der Waals surface area contributed by atoms with E-state index in [0.717, 1.165) is 30.9 Å². The fourth-order valence-electron chi connectivity index (χ4n) is 4.40. The van der Waals surface area contributed by atoms with Crippen molar-refractivity contribution in [3.05, 3.63) is 90.0 Å². The highest BCUT2D eigenvalue weighted by atomic mass is 16.2. The highest BCUT2D eigenvalue weighted by molar-refractivity contribution is 6.05. The minimum atomic E-state index is -0.689. The number of amides is 3. The molecule has 7 nitrogen and oxygen atoms in total. The summed E-state index contributed by atoms with van der Waals surface area (Å²) in [7, 11) is 0. The number of carbonyl (C=O) groups is 3. The quantitative estimate of drug-likeness (QED) is 0.372. The number of anilines is 3. The van der Waals surface area contributed by atoms with Crippen LogP contribution in [-0.4, -0.2) is 36.9 Å². The Morgan fingerprint density at radius 1 is 0.784 bits per heavy atom. The Balaban J connectivity index is 1.40. The summed E-state index contributed by atoms with van der Waals surface area (Å²) in [5.74, 6) is -0.865. The smallest absolute Gasteiger partial charge is 0.255 e. The Labute approximate surface area is 218 Å². The van der Waals surface area contributed by atoms with Crippen molar-refractivity contribution >= 4 is 34.8 Å². The molecule has 7 heteroatoms. The number of hydrogen-bond acceptors (Lipinski definition) is 4. The molecule has 4 rings (SSSR count). The van der Waals surface area contributed by atoms with Crippen molar-refractivity contribution < 1.29 is 14.4 Å². The Morgan fingerprint density at radius 3 is 2.14 bits per heavy atom. The predicted molar refractivity (Wildman–Crippen MR) is 148 cm³/mol. The van der Waals surface area contributed by atoms with Crippen LogP contribution >= 0.6 is 0 Å². The average Bonchev–Trinajstić information content (AvgIpc) is 3.47. The molecule has 0 bridgehead atoms. The second-order valence-corrected chi connectivity index (χ2v) is 9.47. The minimum absolute atomic E-state index is 0.0600. The van der Waals surface area contributed by atoms with Crippen LogP contribution in [0.15, 0.2) is 78.9 Å². The number of carbonyl (C=O) groups excluding carboxylic acids is 3. The van der Waals surface area contributed by atoms with Crippen molar-refractivity contribution in [3.8, 4) is 0 Å². The largest absolute Gasteiger partial charge is 0.371 e. The number of rotatable bonds is 9. The van der Waals surface area contributed by atoms with Gasteiger partial charge in [-0.25, -0.2) is 0 Å². The van der Waals surface area contributed by atoms with E-state index in [9.17, 15) is 14.4 Å². The SMILES string of the molecule is CC[C@H](C)[C@H](NC(=O)c1ccc(NC(=O)c2ccccc2)cc1)C(=O)Nc1cccc(N2CCCC2)c1. The van der Waals surface area contributed by atoms with Gasteiger partial charge in [-0.2, -0.15) is 0 Å². The normalized spacial score (nSPS) is 14.5. The van der Waals surface area contributed by atoms with Crippen molar-refractivity contribution in [1.82, 2.24) is 5.32 Å². The Kier molecular flexibility index (Phi) is 8.56. The van der Waals surface area contributed by atoms with Crippen LogP contribution in [0.25, 0.3) is 0 Å². The monoisotopic (exact) mass is 498 g/mol. The van der Waals surface area contributed by atoms with Gasteiger partial charge in [0, 0.05) is 41.3 Å². The molecule has 1 fully saturated rings. The summed E-state index contributed by atoms with van der Waals surface area (Å²) in [6, 6.07) is 22.7. The number of nitrogens with zero attached hydrogens (tertiary/aromatic N) is 1. The van der Waals surface area contributed by atoms with E-state index in [-0.39, 0.29) is 23.6 Å². The fraction of sp³-hybridized carbons (Fsp3) is 0.300. The molecular formula is C30H34N4O3. The lowest BCUT2D eigenvalue weighted by Gasteiger charge is -2.24. The summed E-state index contributed by atoms with van der Waals surface area (Å²) >= 11 is 0. The van der Waals surface area contributed by atoms with Crippen LogP contribution in [0.4, 0.5) is 17.1 Å². The minimum Gasteiger partial charge on any atom is -0.371 e. The van der Waals surface area contributed by atoms with Gasteiger partial charge in [0.15, 0.2) is 0 Å². The van der Waals surface area contributed by atoms with E-state index in [0.29, 0.717) is 16.8 Å². The fourth-order valence-corrected chi connectivity index (χ4v) is 4.40. The predicted octanol–water partition coefficient (Wildman–Crippen LogP) is 5.32. The summed E-state index contributed by atoms with van der Waals surface area (Å²) in [5, 5.41) is 8.73. The van der Waals surface area contributed by atoms with Crippen LogP contribution in [0.3, 0.4) is 0 Å². The molecule has 1 saturated heterocycles. The molecule has 0 aliphatic carbocycles. The van der Waals surface area contributed by atoms with E-state index in [1.165, 1.54) is 12.8 Å². The topological polar surface area (TPSA) is 90.5 Å². The molecule has 1 aliphatic rings. The highest BCUT2D eigenvalue weighted by Crippen LogP contribution is 2.24. The van der Waals surface area contributed by atoms with Gasteiger partial charge in [0.25, 0.3) is 11.8 Å². The molecule has 0 spiro atoms. The van der Waals surface area contributed by atoms with E-state index in [2.05, 4.69) is 26.9 Å². The standard InChI is InChI=1S/C30H34N4O3/c1-3-21(2)27(30(37)32-25-12-9-13-26(20-25)34-18-7-8-19-34)33-29(36)23-14-16-24(17-15-23)31-28(35)22-10-5-4-6-11-22/h4-6,9-17,20-21,27H,3,7-8,18-19H2,1-2H3,(H,31,35)(H,32,37)(H,33,36)/t21-,27-/m0/s1. The van der Waals surface area contributed by atoms with Crippen LogP contribution in [0.1, 0.15) is 53.8 Å². The lowest BCUT2D eigenvalue weighted by Crippen LogP contribution is -2.47. The second-order valence-electron chi connectivity index (χ2n) is 9.47. The van der Waals surface area contributed by atoms with Gasteiger partial charge in [0.1, 0.15) is 6.04 Å². The summed E-state index contributed by atoms with van der Waals surface area (Å²) < 4.78 is 0. The van der Waals surface area contributed by atoms with E-state index < -0.39 is 6.04 Å². The van der Waals surface area contributed by atoms with Crippen molar-refractivity contribution in [2.45, 2.75) is 39.2 Å². The lowest BCUT2D eigenvalue weighted by atomic mass is 9.97. The van der Waals surface area contributed by atoms with E-state index in [1.807, 2.05) is 38.1 Å². The first-order valence-corrected chi connectivity index (χ1v) is 12.9. The van der Waals surface area contributed by atoms with Gasteiger partial charge >= 0.3 is 0 Å². The van der Waals surface area contributed by atoms with Crippen LogP contribution in [-0.2, 0) is 4.79 Å². The van der Waals surface area contributed by atoms with Crippen LogP contribution in [0.2, 0.25) is 0 Å². The first kappa shape index (κ1) is 25.9. The Morgan fingerprint density at radius 2 is 1.46 bits per heavy atom. The Bertz CT molecular complexity index is 1220. The summed E-state index contributed by atoms with van der Waals surface area (Å²) in [6.45, 7) is 6.00. The van der Waals surface area contributed by atoms with Crippen molar-refractivity contribution in [3.63, 3.8) is 0 Å². The zero-order valence-electron chi connectivity index (χ0n) is 21.4. The molecule has 3 aromatic rings. The number of nitrogens with one attached hydrogen (secondary N) is 3. The van der Waals surface area contributed by atoms with Crippen molar-refractivity contribution in [1.29, 1.82) is 0 Å². The van der Waals surface area contributed by atoms with Gasteiger partial charge in [-0.1, -0.05) is 44.5 Å². The molecule has 0 unspecified atom stereocenters. The summed E-state index contributed by atoms with van der Waals surface area (Å²) in [6.07, 6.45) is 3.09. The van der Waals surface area contributed by atoms with E-state index in [1.54, 1.807) is 48.5 Å². The van der Waals surface area contributed by atoms with Gasteiger partial charge in [-0.15, -0.1) is 0 Å². The average molecular weight is 499 g/mol. The van der Waals surface area contributed by atoms with Gasteiger partial charge in [0.2, 0.25) is 5.91 Å². The number of benzene rings is 3. The highest BCUT2D eigenvalue weighted by Gasteiger charge is 2.27. The van der Waals surface area contributed by atoms with E-state index in [4.69, 9.17) is 0 Å². The van der Waals surface area contributed by atoms with Gasteiger partial charge in [0.05, 0.1) is 0 Å². The third kappa shape index (κ3) is 6.76. The summed E-state index contributed by atoms with van der Waals surface area (Å²) in [5.41, 5.74) is 3.36. The zero-order chi connectivity index (χ0) is 26.2. The van der Waals surface area contributed by atoms with Gasteiger partial charge in [-0.3, -0.25) is 14.4 Å². The maximum absolute atomic E-state index is 13.2. The van der Waals surface area contributed by atoms with Gasteiger partial charge in [-0.05, 0) is 73.4 Å². The maximum atomic E-state index is 13.2. The molecule has 2 atom stereocenters. The van der Waals surface area contributed by atoms with Crippen LogP contribution in [0, 0.1) is 5.92 Å². The summed E-state index contributed by atoms with van der Waals surface area (Å²) in [4.78, 5) is 41.0. The first-order chi connectivity index (χ1) is 17.9. The zero-order valence-corrected chi connectivity index (χ0v) is 21.4. The molecule has 37 heavy (non-hydrogen) atoms. The number of hydrogen-bond donors (Lipinski definition) is 3. The molecule has 0 saturated carbocycles. The molecule has 1 heterocycles. The second kappa shape index (κ2) is 12.2. The molecule has 3 aromatic carbocycles. The molecule has 192 valence electrons. The first-order valence-electron chi connectivity index (χ1n) is 12.9. The van der Waals surface area contributed by atoms with E-state index >= 15 is 0 Å². The van der Waals surface area contributed by atoms with Crippen molar-refractivity contribution in [2.24, 2.45) is 5.92 Å². The van der Waals surface area contributed by atoms with Crippen LogP contribution in [0.5, 0.6) is 0 Å². The third-order valence-electron chi connectivity index (χ3n) is 6.81.